The second-order valence-electron chi connectivity index (χ2n) is 10.1. The van der Waals surface area contributed by atoms with Crippen LogP contribution in [0, 0.1) is 5.82 Å². The van der Waals surface area contributed by atoms with Crippen molar-refractivity contribution in [1.29, 1.82) is 0 Å². The Bertz CT molecular complexity index is 1330. The van der Waals surface area contributed by atoms with Gasteiger partial charge in [0, 0.05) is 24.9 Å². The normalized spacial score (nSPS) is 20.0. The summed E-state index contributed by atoms with van der Waals surface area (Å²) < 4.78 is 16.0. The van der Waals surface area contributed by atoms with Crippen LogP contribution >= 0.6 is 0 Å². The fraction of sp³-hybridized carbons (Fsp3) is 0.393. The number of hydrogen-bond acceptors (Lipinski definition) is 3. The molecular weight excluding hydrogens is 459 g/mol. The third kappa shape index (κ3) is 4.25. The predicted molar refractivity (Wildman–Crippen MR) is 136 cm³/mol. The molecule has 2 N–H and O–H groups in total. The molecule has 0 unspecified atom stereocenters. The first-order chi connectivity index (χ1) is 17.3. The highest BCUT2D eigenvalue weighted by molar-refractivity contribution is 6.14. The number of benzene rings is 2. The maximum absolute atomic E-state index is 14.2. The lowest BCUT2D eigenvalue weighted by Crippen LogP contribution is -2.65. The van der Waals surface area contributed by atoms with Crippen molar-refractivity contribution in [2.24, 2.45) is 0 Å². The first-order valence-electron chi connectivity index (χ1n) is 12.5. The second kappa shape index (κ2) is 9.41. The van der Waals surface area contributed by atoms with Crippen LogP contribution in [0.15, 0.2) is 48.5 Å². The van der Waals surface area contributed by atoms with Gasteiger partial charge in [-0.25, -0.2) is 4.39 Å². The van der Waals surface area contributed by atoms with Crippen molar-refractivity contribution in [1.82, 2.24) is 14.8 Å². The molecule has 36 heavy (non-hydrogen) atoms. The third-order valence-corrected chi connectivity index (χ3v) is 7.48. The first-order valence-corrected chi connectivity index (χ1v) is 12.5. The number of halogens is 1. The van der Waals surface area contributed by atoms with Gasteiger partial charge in [0.2, 0.25) is 11.8 Å². The van der Waals surface area contributed by atoms with Crippen molar-refractivity contribution in [3.05, 3.63) is 65.6 Å². The highest BCUT2D eigenvalue weighted by Gasteiger charge is 2.49. The van der Waals surface area contributed by atoms with Crippen molar-refractivity contribution in [2.75, 3.05) is 11.9 Å². The Balaban J connectivity index is 1.60. The molecule has 1 saturated carbocycles. The van der Waals surface area contributed by atoms with Crippen LogP contribution < -0.4 is 10.6 Å². The third-order valence-electron chi connectivity index (χ3n) is 7.48. The molecule has 7 nitrogen and oxygen atoms in total. The molecule has 8 heteroatoms. The van der Waals surface area contributed by atoms with Crippen LogP contribution in [0.2, 0.25) is 0 Å². The van der Waals surface area contributed by atoms with E-state index in [-0.39, 0.29) is 41.7 Å². The largest absolute Gasteiger partial charge is 0.351 e. The zero-order valence-electron chi connectivity index (χ0n) is 20.6. The van der Waals surface area contributed by atoms with Gasteiger partial charge in [0.1, 0.15) is 17.1 Å². The predicted octanol–water partition coefficient (Wildman–Crippen LogP) is 4.25. The lowest BCUT2D eigenvalue weighted by molar-refractivity contribution is -0.133. The van der Waals surface area contributed by atoms with E-state index < -0.39 is 11.4 Å². The Hall–Kier alpha value is -3.68. The molecule has 5 rings (SSSR count). The van der Waals surface area contributed by atoms with Crippen molar-refractivity contribution in [3.63, 3.8) is 0 Å². The molecule has 0 radical (unpaired) electrons. The number of nitrogens with one attached hydrogen (secondary N) is 2. The van der Waals surface area contributed by atoms with E-state index >= 15 is 0 Å². The lowest BCUT2D eigenvalue weighted by Gasteiger charge is -2.44. The Morgan fingerprint density at radius 2 is 1.83 bits per heavy atom. The summed E-state index contributed by atoms with van der Waals surface area (Å²) in [5.74, 6) is -1.37. The molecule has 1 fully saturated rings. The van der Waals surface area contributed by atoms with Gasteiger partial charge < -0.3 is 20.1 Å². The molecule has 1 aliphatic carbocycles. The molecule has 2 heterocycles. The van der Waals surface area contributed by atoms with Gasteiger partial charge in [-0.3, -0.25) is 14.4 Å². The van der Waals surface area contributed by atoms with Gasteiger partial charge in [-0.2, -0.15) is 0 Å². The van der Waals surface area contributed by atoms with Crippen LogP contribution in [0.3, 0.4) is 0 Å². The van der Waals surface area contributed by atoms with E-state index in [0.717, 1.165) is 31.2 Å². The molecule has 2 aromatic carbocycles. The van der Waals surface area contributed by atoms with E-state index in [4.69, 9.17) is 0 Å². The SMILES string of the molecule is CC(=O)Nc1c2n(c3ccc(F)cc13)C[C@@](C)(C(=O)NC1CCCC1)N(CCc1ccccc1)C2=O. The maximum atomic E-state index is 14.2. The summed E-state index contributed by atoms with van der Waals surface area (Å²) in [4.78, 5) is 41.6. The number of carbonyl (C=O) groups excluding carboxylic acids is 3. The molecule has 2 aliphatic rings. The van der Waals surface area contributed by atoms with E-state index in [2.05, 4.69) is 10.6 Å². The van der Waals surface area contributed by atoms with E-state index in [1.807, 2.05) is 30.3 Å². The van der Waals surface area contributed by atoms with Crippen molar-refractivity contribution in [3.8, 4) is 0 Å². The molecule has 0 spiro atoms. The van der Waals surface area contributed by atoms with Gasteiger partial charge >= 0.3 is 0 Å². The van der Waals surface area contributed by atoms with Crippen molar-refractivity contribution in [2.45, 2.75) is 64.1 Å². The van der Waals surface area contributed by atoms with Crippen LogP contribution in [0.25, 0.3) is 10.9 Å². The first kappa shape index (κ1) is 24.0. The van der Waals surface area contributed by atoms with E-state index in [0.29, 0.717) is 23.9 Å². The van der Waals surface area contributed by atoms with E-state index in [9.17, 15) is 18.8 Å². The molecule has 3 amide bonds. The zero-order chi connectivity index (χ0) is 25.4. The van der Waals surface area contributed by atoms with Crippen LogP contribution in [0.4, 0.5) is 10.1 Å². The zero-order valence-corrected chi connectivity index (χ0v) is 20.6. The minimum Gasteiger partial charge on any atom is -0.351 e. The lowest BCUT2D eigenvalue weighted by atomic mass is 9.93. The van der Waals surface area contributed by atoms with Crippen molar-refractivity contribution < 1.29 is 18.8 Å². The van der Waals surface area contributed by atoms with Gasteiger partial charge in [-0.05, 0) is 49.9 Å². The maximum Gasteiger partial charge on any atom is 0.273 e. The molecule has 3 aromatic rings. The average Bonchev–Trinajstić information content (AvgIpc) is 3.45. The minimum absolute atomic E-state index is 0.104. The topological polar surface area (TPSA) is 83.4 Å². The number of aromatic nitrogens is 1. The Kier molecular flexibility index (Phi) is 6.28. The molecule has 0 saturated heterocycles. The summed E-state index contributed by atoms with van der Waals surface area (Å²) >= 11 is 0. The van der Waals surface area contributed by atoms with Gasteiger partial charge in [0.15, 0.2) is 0 Å². The van der Waals surface area contributed by atoms with Crippen LogP contribution in [0.5, 0.6) is 0 Å². The molecular formula is C28H31FN4O3. The average molecular weight is 491 g/mol. The summed E-state index contributed by atoms with van der Waals surface area (Å²) in [6.07, 6.45) is 4.60. The van der Waals surface area contributed by atoms with Gasteiger partial charge in [0.05, 0.1) is 17.7 Å². The van der Waals surface area contributed by atoms with Crippen LogP contribution in [-0.2, 0) is 22.6 Å². The van der Waals surface area contributed by atoms with Gasteiger partial charge in [0.25, 0.3) is 5.91 Å². The van der Waals surface area contributed by atoms with Crippen molar-refractivity contribution >= 4 is 34.3 Å². The Morgan fingerprint density at radius 1 is 1.11 bits per heavy atom. The van der Waals surface area contributed by atoms with E-state index in [1.54, 1.807) is 22.5 Å². The van der Waals surface area contributed by atoms with E-state index in [1.165, 1.54) is 19.1 Å². The Labute approximate surface area is 209 Å². The summed E-state index contributed by atoms with van der Waals surface area (Å²) in [5, 5.41) is 6.38. The molecule has 188 valence electrons. The highest BCUT2D eigenvalue weighted by atomic mass is 19.1. The van der Waals surface area contributed by atoms with Gasteiger partial charge in [-0.15, -0.1) is 0 Å². The fourth-order valence-electron chi connectivity index (χ4n) is 5.60. The molecule has 1 aromatic heterocycles. The number of carbonyl (C=O) groups is 3. The molecule has 1 aliphatic heterocycles. The number of rotatable bonds is 6. The number of nitrogens with zero attached hydrogens (tertiary/aromatic N) is 2. The Morgan fingerprint density at radius 3 is 2.53 bits per heavy atom. The summed E-state index contributed by atoms with van der Waals surface area (Å²) in [6, 6.07) is 14.2. The van der Waals surface area contributed by atoms with Gasteiger partial charge in [-0.1, -0.05) is 43.2 Å². The monoisotopic (exact) mass is 490 g/mol. The number of amides is 3. The summed E-state index contributed by atoms with van der Waals surface area (Å²) in [7, 11) is 0. The summed E-state index contributed by atoms with van der Waals surface area (Å²) in [6.45, 7) is 3.68. The summed E-state index contributed by atoms with van der Waals surface area (Å²) in [5.41, 5.74) is 1.05. The second-order valence-corrected chi connectivity index (χ2v) is 10.1. The van der Waals surface area contributed by atoms with Crippen LogP contribution in [-0.4, -0.2) is 45.3 Å². The highest BCUT2D eigenvalue weighted by Crippen LogP contribution is 2.39. The number of fused-ring (bicyclic) bond motifs is 3. The fourth-order valence-corrected chi connectivity index (χ4v) is 5.60. The van der Waals surface area contributed by atoms with Crippen LogP contribution in [0.1, 0.15) is 55.6 Å². The number of hydrogen-bond donors (Lipinski definition) is 2. The molecule has 1 atom stereocenters. The quantitative estimate of drug-likeness (QED) is 0.542. The number of anilines is 1. The standard InChI is InChI=1S/C28H31FN4O3/c1-18(34)30-24-22-16-20(29)12-13-23(22)32-17-28(2,27(36)31-21-10-6-7-11-21)33(26(35)25(24)32)15-14-19-8-4-3-5-9-19/h3-5,8-9,12-13,16,21H,6-7,10-11,14-15,17H2,1-2H3,(H,30,34)(H,31,36)/t28-/m0/s1. The molecule has 0 bridgehead atoms. The smallest absolute Gasteiger partial charge is 0.273 e. The minimum atomic E-state index is -1.16.